The van der Waals surface area contributed by atoms with Crippen molar-refractivity contribution in [1.82, 2.24) is 10.2 Å². The summed E-state index contributed by atoms with van der Waals surface area (Å²) >= 11 is 0. The Hall–Kier alpha value is -2.64. The highest BCUT2D eigenvalue weighted by Crippen LogP contribution is 2.23. The van der Waals surface area contributed by atoms with E-state index in [0.29, 0.717) is 37.4 Å². The van der Waals surface area contributed by atoms with E-state index in [9.17, 15) is 14.3 Å². The zero-order chi connectivity index (χ0) is 23.8. The molecule has 0 saturated carbocycles. The number of rotatable bonds is 11. The van der Waals surface area contributed by atoms with Gasteiger partial charge in [-0.25, -0.2) is 4.39 Å². The van der Waals surface area contributed by atoms with Crippen LogP contribution in [0.25, 0.3) is 0 Å². The molecule has 0 radical (unpaired) electrons. The van der Waals surface area contributed by atoms with Gasteiger partial charge in [0.15, 0.2) is 0 Å². The van der Waals surface area contributed by atoms with Gasteiger partial charge in [-0.3, -0.25) is 9.69 Å². The molecular weight excluding hydrogens is 423 g/mol. The zero-order valence-electron chi connectivity index (χ0n) is 19.7. The van der Waals surface area contributed by atoms with Crippen molar-refractivity contribution in [2.24, 2.45) is 0 Å². The molecule has 2 N–H and O–H groups in total. The number of carbonyl (C=O) groups is 1. The standard InChI is InChI=1S/C26H35FN2O4/c1-18(2)33-23-10-6-20(7-11-23)26(31)24(17-29-14-12-21(27)16-29)28-25(30)13-15-32-22-8-4-19(3)5-9-22/h4-11,18,21,24,26,31H,12-17H2,1-3H3,(H,28,30)/t21-,24-,26-/m1/s1. The number of carbonyl (C=O) groups excluding carboxylic acids is 1. The highest BCUT2D eigenvalue weighted by molar-refractivity contribution is 5.76. The molecule has 0 bridgehead atoms. The molecule has 1 fully saturated rings. The normalized spacial score (nSPS) is 18.2. The average molecular weight is 459 g/mol. The molecule has 33 heavy (non-hydrogen) atoms. The Labute approximate surface area is 195 Å². The van der Waals surface area contributed by atoms with E-state index in [1.54, 1.807) is 24.3 Å². The first-order valence-corrected chi connectivity index (χ1v) is 11.6. The van der Waals surface area contributed by atoms with Crippen molar-refractivity contribution < 1.29 is 23.8 Å². The summed E-state index contributed by atoms with van der Waals surface area (Å²) < 4.78 is 25.0. The number of likely N-dealkylation sites (tertiary alicyclic amines) is 1. The fourth-order valence-corrected chi connectivity index (χ4v) is 3.88. The number of amides is 1. The highest BCUT2D eigenvalue weighted by atomic mass is 19.1. The molecule has 1 aliphatic rings. The Bertz CT molecular complexity index is 873. The second kappa shape index (κ2) is 12.0. The highest BCUT2D eigenvalue weighted by Gasteiger charge is 2.29. The minimum atomic E-state index is -0.932. The molecule has 2 aromatic carbocycles. The number of hydrogen-bond acceptors (Lipinski definition) is 5. The van der Waals surface area contributed by atoms with Crippen LogP contribution in [0.2, 0.25) is 0 Å². The van der Waals surface area contributed by atoms with Crippen LogP contribution in [0.15, 0.2) is 48.5 Å². The van der Waals surface area contributed by atoms with E-state index in [4.69, 9.17) is 9.47 Å². The van der Waals surface area contributed by atoms with Gasteiger partial charge in [0.05, 0.1) is 25.2 Å². The predicted octanol–water partition coefficient (Wildman–Crippen LogP) is 3.81. The largest absolute Gasteiger partial charge is 0.493 e. The number of hydrogen-bond donors (Lipinski definition) is 2. The van der Waals surface area contributed by atoms with Crippen molar-refractivity contribution in [3.63, 3.8) is 0 Å². The van der Waals surface area contributed by atoms with Crippen LogP contribution in [-0.4, -0.2) is 60.5 Å². The number of halogens is 1. The van der Waals surface area contributed by atoms with Crippen LogP contribution in [0.1, 0.15) is 43.9 Å². The Balaban J connectivity index is 1.60. The smallest absolute Gasteiger partial charge is 0.223 e. The van der Waals surface area contributed by atoms with Gasteiger partial charge in [-0.2, -0.15) is 0 Å². The number of aryl methyl sites for hydroxylation is 1. The van der Waals surface area contributed by atoms with Crippen LogP contribution in [-0.2, 0) is 4.79 Å². The lowest BCUT2D eigenvalue weighted by Gasteiger charge is -2.29. The van der Waals surface area contributed by atoms with Crippen LogP contribution in [0.4, 0.5) is 4.39 Å². The summed E-state index contributed by atoms with van der Waals surface area (Å²) in [6, 6.07) is 14.3. The molecule has 3 atom stereocenters. The average Bonchev–Trinajstić information content (AvgIpc) is 3.19. The van der Waals surface area contributed by atoms with Gasteiger partial charge < -0.3 is 19.9 Å². The topological polar surface area (TPSA) is 71.0 Å². The molecule has 180 valence electrons. The van der Waals surface area contributed by atoms with Gasteiger partial charge in [-0.05, 0) is 57.0 Å². The first-order chi connectivity index (χ1) is 15.8. The van der Waals surface area contributed by atoms with E-state index in [0.717, 1.165) is 11.3 Å². The van der Waals surface area contributed by atoms with Crippen LogP contribution in [0.3, 0.4) is 0 Å². The molecular formula is C26H35FN2O4. The van der Waals surface area contributed by atoms with E-state index in [2.05, 4.69) is 5.32 Å². The van der Waals surface area contributed by atoms with Crippen molar-refractivity contribution in [1.29, 1.82) is 0 Å². The van der Waals surface area contributed by atoms with E-state index < -0.39 is 18.3 Å². The second-order valence-electron chi connectivity index (χ2n) is 8.91. The van der Waals surface area contributed by atoms with Crippen LogP contribution in [0.5, 0.6) is 11.5 Å². The number of alkyl halides is 1. The van der Waals surface area contributed by atoms with E-state index in [1.807, 2.05) is 49.9 Å². The molecule has 1 aliphatic heterocycles. The third kappa shape index (κ3) is 8.02. The lowest BCUT2D eigenvalue weighted by atomic mass is 10.0. The molecule has 0 aromatic heterocycles. The summed E-state index contributed by atoms with van der Waals surface area (Å²) in [6.45, 7) is 7.43. The summed E-state index contributed by atoms with van der Waals surface area (Å²) in [6.07, 6.45) is -1.11. The molecule has 0 unspecified atom stereocenters. The van der Waals surface area contributed by atoms with Crippen molar-refractivity contribution in [2.45, 2.75) is 58.0 Å². The molecule has 3 rings (SSSR count). The first kappa shape index (κ1) is 25.0. The van der Waals surface area contributed by atoms with Gasteiger partial charge in [0.2, 0.25) is 5.91 Å². The van der Waals surface area contributed by atoms with E-state index in [1.165, 1.54) is 0 Å². The van der Waals surface area contributed by atoms with Gasteiger partial charge >= 0.3 is 0 Å². The molecule has 6 nitrogen and oxygen atoms in total. The number of nitrogens with zero attached hydrogens (tertiary/aromatic N) is 1. The van der Waals surface area contributed by atoms with Gasteiger partial charge in [0, 0.05) is 19.6 Å². The number of aliphatic hydroxyl groups is 1. The molecule has 0 aliphatic carbocycles. The molecule has 2 aromatic rings. The second-order valence-corrected chi connectivity index (χ2v) is 8.91. The third-order valence-corrected chi connectivity index (χ3v) is 5.61. The molecule has 1 heterocycles. The van der Waals surface area contributed by atoms with E-state index >= 15 is 0 Å². The van der Waals surface area contributed by atoms with Crippen molar-refractivity contribution in [3.8, 4) is 11.5 Å². The minimum Gasteiger partial charge on any atom is -0.493 e. The maximum absolute atomic E-state index is 13.7. The predicted molar refractivity (Wildman–Crippen MR) is 126 cm³/mol. The summed E-state index contributed by atoms with van der Waals surface area (Å²) in [5.41, 5.74) is 1.81. The minimum absolute atomic E-state index is 0.0544. The molecule has 7 heteroatoms. The number of aliphatic hydroxyl groups excluding tert-OH is 1. The van der Waals surface area contributed by atoms with Gasteiger partial charge in [0.1, 0.15) is 23.8 Å². The zero-order valence-corrected chi connectivity index (χ0v) is 19.7. The van der Waals surface area contributed by atoms with Crippen LogP contribution in [0, 0.1) is 6.92 Å². The lowest BCUT2D eigenvalue weighted by Crippen LogP contribution is -2.47. The molecule has 1 saturated heterocycles. The quantitative estimate of drug-likeness (QED) is 0.536. The molecule has 1 amide bonds. The van der Waals surface area contributed by atoms with Gasteiger partial charge in [0.25, 0.3) is 0 Å². The Morgan fingerprint density at radius 2 is 1.82 bits per heavy atom. The maximum atomic E-state index is 13.7. The summed E-state index contributed by atoms with van der Waals surface area (Å²) in [4.78, 5) is 14.6. The summed E-state index contributed by atoms with van der Waals surface area (Å²) in [5, 5.41) is 14.0. The fraction of sp³-hybridized carbons (Fsp3) is 0.500. The Morgan fingerprint density at radius 3 is 2.42 bits per heavy atom. The maximum Gasteiger partial charge on any atom is 0.223 e. The van der Waals surface area contributed by atoms with Crippen LogP contribution >= 0.6 is 0 Å². The number of ether oxygens (including phenoxy) is 2. The third-order valence-electron chi connectivity index (χ3n) is 5.61. The van der Waals surface area contributed by atoms with Gasteiger partial charge in [-0.1, -0.05) is 29.8 Å². The van der Waals surface area contributed by atoms with E-state index in [-0.39, 0.29) is 25.0 Å². The Kier molecular flexibility index (Phi) is 9.09. The fourth-order valence-electron chi connectivity index (χ4n) is 3.88. The van der Waals surface area contributed by atoms with Crippen molar-refractivity contribution in [3.05, 3.63) is 59.7 Å². The first-order valence-electron chi connectivity index (χ1n) is 11.6. The van der Waals surface area contributed by atoms with Crippen molar-refractivity contribution >= 4 is 5.91 Å². The number of nitrogens with one attached hydrogen (secondary N) is 1. The monoisotopic (exact) mass is 458 g/mol. The lowest BCUT2D eigenvalue weighted by molar-refractivity contribution is -0.123. The van der Waals surface area contributed by atoms with Gasteiger partial charge in [-0.15, -0.1) is 0 Å². The molecule has 0 spiro atoms. The SMILES string of the molecule is Cc1ccc(OCCC(=O)N[C@H](CN2CC[C@@H](F)C2)[C@H](O)c2ccc(OC(C)C)cc2)cc1. The number of benzene rings is 2. The summed E-state index contributed by atoms with van der Waals surface area (Å²) in [7, 11) is 0. The Morgan fingerprint density at radius 1 is 1.15 bits per heavy atom. The van der Waals surface area contributed by atoms with Crippen LogP contribution < -0.4 is 14.8 Å². The summed E-state index contributed by atoms with van der Waals surface area (Å²) in [5.74, 6) is 1.20. The van der Waals surface area contributed by atoms with Crippen molar-refractivity contribution in [2.75, 3.05) is 26.2 Å².